The molecule has 2 N–H and O–H groups in total. The molecule has 0 bridgehead atoms. The second-order valence-electron chi connectivity index (χ2n) is 3.54. The Morgan fingerprint density at radius 1 is 1.69 bits per heavy atom. The summed E-state index contributed by atoms with van der Waals surface area (Å²) in [5.41, 5.74) is 5.68. The molecule has 0 aromatic carbocycles. The zero-order valence-corrected chi connectivity index (χ0v) is 7.44. The largest absolute Gasteiger partial charge is 0.385 e. The summed E-state index contributed by atoms with van der Waals surface area (Å²) in [6.45, 7) is 4.16. The third-order valence-corrected chi connectivity index (χ3v) is 2.50. The number of hydrogen-bond acceptors (Lipinski definition) is 2. The molecule has 1 aliphatic carbocycles. The van der Waals surface area contributed by atoms with Crippen LogP contribution in [0.4, 0.5) is 4.79 Å². The lowest BCUT2D eigenvalue weighted by Crippen LogP contribution is -2.42. The molecule has 13 heavy (non-hydrogen) atoms. The molecule has 4 nitrogen and oxygen atoms in total. The first-order valence-electron chi connectivity index (χ1n) is 4.49. The Bertz CT molecular complexity index is 281. The summed E-state index contributed by atoms with van der Waals surface area (Å²) < 4.78 is 0. The summed E-state index contributed by atoms with van der Waals surface area (Å²) in [5.74, 6) is 1.02. The van der Waals surface area contributed by atoms with Crippen LogP contribution in [0.1, 0.15) is 12.8 Å². The highest BCUT2D eigenvalue weighted by Gasteiger charge is 2.43. The van der Waals surface area contributed by atoms with Crippen molar-refractivity contribution >= 4 is 11.9 Å². The van der Waals surface area contributed by atoms with Crippen molar-refractivity contribution in [1.82, 2.24) is 4.90 Å². The molecule has 2 rings (SSSR count). The van der Waals surface area contributed by atoms with E-state index in [1.807, 2.05) is 0 Å². The van der Waals surface area contributed by atoms with E-state index in [0.717, 1.165) is 12.8 Å². The van der Waals surface area contributed by atoms with E-state index < -0.39 is 0 Å². The fraction of sp³-hybridized carbons (Fsp3) is 0.556. The molecule has 1 atom stereocenters. The number of aliphatic imine (C=N–C) groups is 1. The molecule has 1 fully saturated rings. The fourth-order valence-corrected chi connectivity index (χ4v) is 1.76. The van der Waals surface area contributed by atoms with E-state index in [9.17, 15) is 4.79 Å². The van der Waals surface area contributed by atoms with Gasteiger partial charge in [0.05, 0.1) is 6.04 Å². The van der Waals surface area contributed by atoms with E-state index in [2.05, 4.69) is 11.6 Å². The first kappa shape index (κ1) is 8.29. The SMILES string of the molecule is C=CCN1C(=O)N=C(N)C1C1CC1. The molecular weight excluding hydrogens is 166 g/mol. The van der Waals surface area contributed by atoms with E-state index in [-0.39, 0.29) is 12.1 Å². The Morgan fingerprint density at radius 3 is 2.92 bits per heavy atom. The van der Waals surface area contributed by atoms with Crippen molar-refractivity contribution in [3.63, 3.8) is 0 Å². The van der Waals surface area contributed by atoms with Crippen LogP contribution in [0.15, 0.2) is 17.6 Å². The molecule has 1 heterocycles. The standard InChI is InChI=1S/C9H13N3O/c1-2-5-12-7(6-3-4-6)8(10)11-9(12)13/h2,6-7H,1,3-5H2,(H2,10,11,13). The van der Waals surface area contributed by atoms with Gasteiger partial charge in [-0.2, -0.15) is 4.99 Å². The van der Waals surface area contributed by atoms with Gasteiger partial charge >= 0.3 is 6.03 Å². The number of amides is 2. The van der Waals surface area contributed by atoms with Gasteiger partial charge in [0, 0.05) is 6.54 Å². The number of nitrogens with two attached hydrogens (primary N) is 1. The maximum absolute atomic E-state index is 11.3. The first-order chi connectivity index (χ1) is 6.24. The Hall–Kier alpha value is -1.32. The molecular formula is C9H13N3O. The molecule has 0 radical (unpaired) electrons. The quantitative estimate of drug-likeness (QED) is 0.650. The van der Waals surface area contributed by atoms with Crippen molar-refractivity contribution in [2.75, 3.05) is 6.54 Å². The van der Waals surface area contributed by atoms with E-state index in [1.54, 1.807) is 11.0 Å². The summed E-state index contributed by atoms with van der Waals surface area (Å²) >= 11 is 0. The summed E-state index contributed by atoms with van der Waals surface area (Å²) in [7, 11) is 0. The number of rotatable bonds is 3. The third kappa shape index (κ3) is 1.32. The van der Waals surface area contributed by atoms with E-state index >= 15 is 0 Å². The van der Waals surface area contributed by atoms with Gasteiger partial charge in [-0.05, 0) is 18.8 Å². The van der Waals surface area contributed by atoms with Gasteiger partial charge < -0.3 is 10.6 Å². The van der Waals surface area contributed by atoms with Gasteiger partial charge in [0.25, 0.3) is 0 Å². The first-order valence-corrected chi connectivity index (χ1v) is 4.49. The topological polar surface area (TPSA) is 58.7 Å². The highest BCUT2D eigenvalue weighted by Crippen LogP contribution is 2.37. The summed E-state index contributed by atoms with van der Waals surface area (Å²) in [6.07, 6.45) is 4.02. The zero-order valence-electron chi connectivity index (χ0n) is 7.44. The average molecular weight is 179 g/mol. The van der Waals surface area contributed by atoms with Crippen LogP contribution in [0.25, 0.3) is 0 Å². The van der Waals surface area contributed by atoms with Gasteiger partial charge in [0.15, 0.2) is 0 Å². The molecule has 0 aromatic heterocycles. The summed E-state index contributed by atoms with van der Waals surface area (Å²) in [5, 5.41) is 0. The minimum absolute atomic E-state index is 0.0468. The molecule has 1 saturated carbocycles. The molecule has 70 valence electrons. The Balaban J connectivity index is 2.15. The lowest BCUT2D eigenvalue weighted by molar-refractivity contribution is 0.208. The van der Waals surface area contributed by atoms with Crippen LogP contribution in [-0.4, -0.2) is 29.4 Å². The maximum Gasteiger partial charge on any atom is 0.346 e. The number of hydrogen-bond donors (Lipinski definition) is 1. The molecule has 4 heteroatoms. The van der Waals surface area contributed by atoms with Crippen molar-refractivity contribution in [1.29, 1.82) is 0 Å². The molecule has 1 unspecified atom stereocenters. The number of carbonyl (C=O) groups excluding carboxylic acids is 1. The van der Waals surface area contributed by atoms with Crippen molar-refractivity contribution in [3.8, 4) is 0 Å². The van der Waals surface area contributed by atoms with Gasteiger partial charge in [-0.3, -0.25) is 0 Å². The second kappa shape index (κ2) is 2.87. The van der Waals surface area contributed by atoms with Crippen LogP contribution in [0.2, 0.25) is 0 Å². The van der Waals surface area contributed by atoms with Crippen LogP contribution < -0.4 is 5.73 Å². The minimum atomic E-state index is -0.214. The number of amidine groups is 1. The van der Waals surface area contributed by atoms with Crippen molar-refractivity contribution in [2.24, 2.45) is 16.6 Å². The summed E-state index contributed by atoms with van der Waals surface area (Å²) in [6, 6.07) is -0.167. The third-order valence-electron chi connectivity index (χ3n) is 2.50. The molecule has 2 amide bonds. The monoisotopic (exact) mass is 179 g/mol. The van der Waals surface area contributed by atoms with E-state index in [1.165, 1.54) is 0 Å². The van der Waals surface area contributed by atoms with Crippen LogP contribution in [0, 0.1) is 5.92 Å². The predicted molar refractivity (Wildman–Crippen MR) is 50.4 cm³/mol. The lowest BCUT2D eigenvalue weighted by atomic mass is 10.1. The van der Waals surface area contributed by atoms with Crippen LogP contribution in [-0.2, 0) is 0 Å². The molecule has 1 aliphatic heterocycles. The minimum Gasteiger partial charge on any atom is -0.385 e. The molecule has 0 spiro atoms. The van der Waals surface area contributed by atoms with Gasteiger partial charge in [-0.15, -0.1) is 6.58 Å². The Kier molecular flexibility index (Phi) is 1.83. The fourth-order valence-electron chi connectivity index (χ4n) is 1.76. The highest BCUT2D eigenvalue weighted by molar-refractivity contribution is 6.03. The smallest absolute Gasteiger partial charge is 0.346 e. The second-order valence-corrected chi connectivity index (χ2v) is 3.54. The van der Waals surface area contributed by atoms with E-state index in [4.69, 9.17) is 5.73 Å². The molecule has 2 aliphatic rings. The normalized spacial score (nSPS) is 27.7. The predicted octanol–water partition coefficient (Wildman–Crippen LogP) is 0.744. The van der Waals surface area contributed by atoms with Crippen molar-refractivity contribution in [3.05, 3.63) is 12.7 Å². The van der Waals surface area contributed by atoms with Crippen LogP contribution >= 0.6 is 0 Å². The van der Waals surface area contributed by atoms with Crippen LogP contribution in [0.5, 0.6) is 0 Å². The zero-order chi connectivity index (χ0) is 9.42. The molecule has 0 saturated heterocycles. The van der Waals surface area contributed by atoms with Crippen molar-refractivity contribution < 1.29 is 4.79 Å². The van der Waals surface area contributed by atoms with Gasteiger partial charge in [0.1, 0.15) is 5.84 Å². The summed E-state index contributed by atoms with van der Waals surface area (Å²) in [4.78, 5) is 16.8. The number of nitrogens with zero attached hydrogens (tertiary/aromatic N) is 2. The Labute approximate surface area is 77.1 Å². The van der Waals surface area contributed by atoms with Crippen LogP contribution in [0.3, 0.4) is 0 Å². The molecule has 0 aromatic rings. The van der Waals surface area contributed by atoms with Crippen molar-refractivity contribution in [2.45, 2.75) is 18.9 Å². The maximum atomic E-state index is 11.3. The lowest BCUT2D eigenvalue weighted by Gasteiger charge is -2.22. The van der Waals surface area contributed by atoms with Gasteiger partial charge in [-0.25, -0.2) is 4.79 Å². The number of urea groups is 1. The van der Waals surface area contributed by atoms with Gasteiger partial charge in [-0.1, -0.05) is 6.08 Å². The van der Waals surface area contributed by atoms with Gasteiger partial charge in [0.2, 0.25) is 0 Å². The Morgan fingerprint density at radius 2 is 2.38 bits per heavy atom. The average Bonchev–Trinajstić information content (AvgIpc) is 2.83. The highest BCUT2D eigenvalue weighted by atomic mass is 16.2. The van der Waals surface area contributed by atoms with E-state index in [0.29, 0.717) is 18.3 Å². The number of carbonyl (C=O) groups is 1.